The molecule has 106 valence electrons. The summed E-state index contributed by atoms with van der Waals surface area (Å²) in [7, 11) is 3.79. The van der Waals surface area contributed by atoms with Crippen molar-refractivity contribution >= 4 is 17.8 Å². The van der Waals surface area contributed by atoms with Crippen molar-refractivity contribution in [1.82, 2.24) is 15.0 Å². The first kappa shape index (κ1) is 13.8. The third-order valence-electron chi connectivity index (χ3n) is 3.48. The van der Waals surface area contributed by atoms with Crippen molar-refractivity contribution in [3.63, 3.8) is 0 Å². The standard InChI is InChI=1S/C13H24N6/c1-19(2)13-17-11(14)16-12(18-13)15-10-8-6-4-3-5-7-9-10/h10H,3-9H2,1-2H3,(H3,14,15,16,17,18). The van der Waals surface area contributed by atoms with Gasteiger partial charge >= 0.3 is 0 Å². The molecule has 3 N–H and O–H groups in total. The van der Waals surface area contributed by atoms with Crippen molar-refractivity contribution in [1.29, 1.82) is 0 Å². The number of nitrogens with zero attached hydrogens (tertiary/aromatic N) is 4. The zero-order chi connectivity index (χ0) is 13.7. The summed E-state index contributed by atoms with van der Waals surface area (Å²) in [5, 5.41) is 3.42. The van der Waals surface area contributed by atoms with E-state index in [0.29, 0.717) is 17.9 Å². The quantitative estimate of drug-likeness (QED) is 0.869. The van der Waals surface area contributed by atoms with Gasteiger partial charge < -0.3 is 16.0 Å². The molecule has 0 aliphatic heterocycles. The van der Waals surface area contributed by atoms with Crippen LogP contribution in [0.5, 0.6) is 0 Å². The van der Waals surface area contributed by atoms with Crippen LogP contribution in [0.4, 0.5) is 17.8 Å². The molecular weight excluding hydrogens is 240 g/mol. The molecule has 1 saturated carbocycles. The Bertz CT molecular complexity index is 398. The van der Waals surface area contributed by atoms with E-state index >= 15 is 0 Å². The average molecular weight is 264 g/mol. The fraction of sp³-hybridized carbons (Fsp3) is 0.769. The highest BCUT2D eigenvalue weighted by molar-refractivity contribution is 5.41. The molecule has 6 heteroatoms. The summed E-state index contributed by atoms with van der Waals surface area (Å²) in [5.41, 5.74) is 5.73. The number of rotatable bonds is 3. The maximum atomic E-state index is 5.73. The highest BCUT2D eigenvalue weighted by Crippen LogP contribution is 2.20. The van der Waals surface area contributed by atoms with Gasteiger partial charge in [-0.25, -0.2) is 0 Å². The lowest BCUT2D eigenvalue weighted by Crippen LogP contribution is -2.23. The first-order valence-electron chi connectivity index (χ1n) is 7.10. The van der Waals surface area contributed by atoms with Gasteiger partial charge in [-0.3, -0.25) is 0 Å². The van der Waals surface area contributed by atoms with Gasteiger partial charge in [0.15, 0.2) is 0 Å². The summed E-state index contributed by atoms with van der Waals surface area (Å²) in [6, 6.07) is 0.456. The van der Waals surface area contributed by atoms with Gasteiger partial charge in [-0.15, -0.1) is 0 Å². The summed E-state index contributed by atoms with van der Waals surface area (Å²) in [6.45, 7) is 0. The Kier molecular flexibility index (Phi) is 4.76. The van der Waals surface area contributed by atoms with Crippen LogP contribution in [0.2, 0.25) is 0 Å². The number of hydrogen-bond acceptors (Lipinski definition) is 6. The second-order valence-corrected chi connectivity index (χ2v) is 5.40. The zero-order valence-electron chi connectivity index (χ0n) is 11.9. The minimum atomic E-state index is 0.270. The van der Waals surface area contributed by atoms with E-state index in [1.807, 2.05) is 19.0 Å². The molecule has 0 bridgehead atoms. The van der Waals surface area contributed by atoms with Crippen LogP contribution in [-0.4, -0.2) is 35.1 Å². The van der Waals surface area contributed by atoms with Gasteiger partial charge in [0.25, 0.3) is 0 Å². The minimum absolute atomic E-state index is 0.270. The van der Waals surface area contributed by atoms with Crippen LogP contribution in [0.15, 0.2) is 0 Å². The second kappa shape index (κ2) is 6.54. The molecule has 1 fully saturated rings. The summed E-state index contributed by atoms with van der Waals surface area (Å²) in [5.74, 6) is 1.47. The van der Waals surface area contributed by atoms with E-state index in [-0.39, 0.29) is 5.95 Å². The molecule has 0 amide bonds. The predicted molar refractivity (Wildman–Crippen MR) is 78.3 cm³/mol. The van der Waals surface area contributed by atoms with E-state index < -0.39 is 0 Å². The van der Waals surface area contributed by atoms with Gasteiger partial charge in [-0.2, -0.15) is 15.0 Å². The molecule has 1 heterocycles. The first-order chi connectivity index (χ1) is 9.15. The van der Waals surface area contributed by atoms with Crippen molar-refractivity contribution in [3.8, 4) is 0 Å². The van der Waals surface area contributed by atoms with Gasteiger partial charge in [0.2, 0.25) is 17.8 Å². The summed E-state index contributed by atoms with van der Waals surface area (Å²) < 4.78 is 0. The normalized spacial score (nSPS) is 17.6. The van der Waals surface area contributed by atoms with Crippen molar-refractivity contribution in [2.24, 2.45) is 0 Å². The fourth-order valence-electron chi connectivity index (χ4n) is 2.43. The van der Waals surface area contributed by atoms with Crippen molar-refractivity contribution in [2.75, 3.05) is 30.0 Å². The fourth-order valence-corrected chi connectivity index (χ4v) is 2.43. The number of anilines is 3. The first-order valence-corrected chi connectivity index (χ1v) is 7.10. The molecule has 1 aromatic rings. The Labute approximate surface area is 114 Å². The number of nitrogens with one attached hydrogen (secondary N) is 1. The minimum Gasteiger partial charge on any atom is -0.368 e. The highest BCUT2D eigenvalue weighted by Gasteiger charge is 2.14. The number of hydrogen-bond donors (Lipinski definition) is 2. The molecule has 0 saturated heterocycles. The van der Waals surface area contributed by atoms with Crippen LogP contribution in [0.3, 0.4) is 0 Å². The molecule has 2 rings (SSSR count). The molecular formula is C13H24N6. The maximum Gasteiger partial charge on any atom is 0.231 e. The summed E-state index contributed by atoms with van der Waals surface area (Å²) in [6.07, 6.45) is 8.96. The Balaban J connectivity index is 2.04. The van der Waals surface area contributed by atoms with E-state index in [1.165, 1.54) is 44.9 Å². The number of nitrogens with two attached hydrogens (primary N) is 1. The van der Waals surface area contributed by atoms with Gasteiger partial charge in [0.1, 0.15) is 0 Å². The van der Waals surface area contributed by atoms with E-state index in [1.54, 1.807) is 0 Å². The Morgan fingerprint density at radius 3 is 2.26 bits per heavy atom. The predicted octanol–water partition coefficient (Wildman–Crippen LogP) is 2.04. The van der Waals surface area contributed by atoms with Gasteiger partial charge in [0.05, 0.1) is 0 Å². The number of nitrogen functional groups attached to an aromatic ring is 1. The molecule has 1 aliphatic carbocycles. The van der Waals surface area contributed by atoms with Gasteiger partial charge in [0, 0.05) is 20.1 Å². The molecule has 6 nitrogen and oxygen atoms in total. The van der Waals surface area contributed by atoms with Crippen LogP contribution in [0, 0.1) is 0 Å². The van der Waals surface area contributed by atoms with Crippen LogP contribution >= 0.6 is 0 Å². The van der Waals surface area contributed by atoms with Crippen molar-refractivity contribution in [2.45, 2.75) is 51.0 Å². The summed E-state index contributed by atoms with van der Waals surface area (Å²) >= 11 is 0. The molecule has 1 aromatic heterocycles. The Hall–Kier alpha value is -1.59. The summed E-state index contributed by atoms with van der Waals surface area (Å²) in [4.78, 5) is 14.5. The van der Waals surface area contributed by atoms with Gasteiger partial charge in [-0.05, 0) is 12.8 Å². The second-order valence-electron chi connectivity index (χ2n) is 5.40. The van der Waals surface area contributed by atoms with Crippen LogP contribution in [-0.2, 0) is 0 Å². The third kappa shape index (κ3) is 4.22. The van der Waals surface area contributed by atoms with Crippen LogP contribution < -0.4 is 16.0 Å². The zero-order valence-corrected chi connectivity index (χ0v) is 11.9. The third-order valence-corrected chi connectivity index (χ3v) is 3.48. The molecule has 0 unspecified atom stereocenters. The molecule has 0 spiro atoms. The lowest BCUT2D eigenvalue weighted by molar-refractivity contribution is 0.470. The Morgan fingerprint density at radius 2 is 1.63 bits per heavy atom. The molecule has 0 aromatic carbocycles. The van der Waals surface area contributed by atoms with E-state index in [0.717, 1.165) is 0 Å². The SMILES string of the molecule is CN(C)c1nc(N)nc(NC2CCCCCCC2)n1. The maximum absolute atomic E-state index is 5.73. The monoisotopic (exact) mass is 264 g/mol. The molecule has 0 radical (unpaired) electrons. The average Bonchev–Trinajstić information content (AvgIpc) is 2.31. The van der Waals surface area contributed by atoms with E-state index in [4.69, 9.17) is 5.73 Å². The number of aromatic nitrogens is 3. The largest absolute Gasteiger partial charge is 0.368 e. The molecule has 1 aliphatic rings. The van der Waals surface area contributed by atoms with Crippen LogP contribution in [0.1, 0.15) is 44.9 Å². The highest BCUT2D eigenvalue weighted by atomic mass is 15.3. The Morgan fingerprint density at radius 1 is 1.00 bits per heavy atom. The van der Waals surface area contributed by atoms with Crippen LogP contribution in [0.25, 0.3) is 0 Å². The topological polar surface area (TPSA) is 80.0 Å². The molecule has 19 heavy (non-hydrogen) atoms. The van der Waals surface area contributed by atoms with E-state index in [2.05, 4.69) is 20.3 Å². The smallest absolute Gasteiger partial charge is 0.231 e. The lowest BCUT2D eigenvalue weighted by atomic mass is 9.97. The van der Waals surface area contributed by atoms with E-state index in [9.17, 15) is 0 Å². The lowest BCUT2D eigenvalue weighted by Gasteiger charge is -2.21. The molecule has 0 atom stereocenters. The van der Waals surface area contributed by atoms with Crippen molar-refractivity contribution < 1.29 is 0 Å². The van der Waals surface area contributed by atoms with Crippen molar-refractivity contribution in [3.05, 3.63) is 0 Å². The van der Waals surface area contributed by atoms with Gasteiger partial charge in [-0.1, -0.05) is 32.1 Å².